The van der Waals surface area contributed by atoms with Gasteiger partial charge in [0.25, 0.3) is 0 Å². The molecule has 1 aromatic carbocycles. The number of benzene rings is 1. The molecule has 1 aromatic rings. The minimum absolute atomic E-state index is 0.352. The summed E-state index contributed by atoms with van der Waals surface area (Å²) >= 11 is 0. The van der Waals surface area contributed by atoms with Gasteiger partial charge < -0.3 is 4.74 Å². The number of rotatable bonds is 0. The van der Waals surface area contributed by atoms with Crippen molar-refractivity contribution in [1.82, 2.24) is 0 Å². The third-order valence-electron chi connectivity index (χ3n) is 2.11. The molecule has 0 fully saturated rings. The van der Waals surface area contributed by atoms with Gasteiger partial charge in [0.05, 0.1) is 12.7 Å². The molecule has 0 radical (unpaired) electrons. The zero-order valence-corrected chi connectivity index (χ0v) is 6.66. The van der Waals surface area contributed by atoms with E-state index in [9.17, 15) is 0 Å². The highest BCUT2D eigenvalue weighted by molar-refractivity contribution is 5.33. The summed E-state index contributed by atoms with van der Waals surface area (Å²) in [5.74, 6) is 0. The highest BCUT2D eigenvalue weighted by Gasteiger charge is 2.18. The Morgan fingerprint density at radius 1 is 1.42 bits per heavy atom. The summed E-state index contributed by atoms with van der Waals surface area (Å²) in [6, 6.07) is 10.1. The van der Waals surface area contributed by atoms with E-state index in [2.05, 4.69) is 12.1 Å². The summed E-state index contributed by atoms with van der Waals surface area (Å²) in [4.78, 5) is 0. The number of hydrogen-bond donors (Lipinski definition) is 0. The Hall–Kier alpha value is -1.33. The summed E-state index contributed by atoms with van der Waals surface area (Å²) in [7, 11) is 0. The Morgan fingerprint density at radius 3 is 3.08 bits per heavy atom. The molecule has 0 unspecified atom stereocenters. The van der Waals surface area contributed by atoms with Crippen molar-refractivity contribution >= 4 is 0 Å². The van der Waals surface area contributed by atoms with Crippen LogP contribution in [-0.4, -0.2) is 6.61 Å². The zero-order valence-electron chi connectivity index (χ0n) is 6.66. The molecular formula is C10H9NO. The highest BCUT2D eigenvalue weighted by atomic mass is 16.5. The maximum Gasteiger partial charge on any atom is 0.169 e. The van der Waals surface area contributed by atoms with Gasteiger partial charge in [0.2, 0.25) is 0 Å². The number of hydrogen-bond acceptors (Lipinski definition) is 2. The summed E-state index contributed by atoms with van der Waals surface area (Å²) in [6.45, 7) is 0.662. The first-order valence-corrected chi connectivity index (χ1v) is 4.01. The molecule has 1 aliphatic rings. The van der Waals surface area contributed by atoms with Crippen molar-refractivity contribution in [3.8, 4) is 6.07 Å². The van der Waals surface area contributed by atoms with E-state index in [0.717, 1.165) is 12.0 Å². The fraction of sp³-hybridized carbons (Fsp3) is 0.300. The van der Waals surface area contributed by atoms with Crippen LogP contribution in [0.4, 0.5) is 0 Å². The fourth-order valence-corrected chi connectivity index (χ4v) is 1.50. The molecule has 2 nitrogen and oxygen atoms in total. The largest absolute Gasteiger partial charge is 0.358 e. The van der Waals surface area contributed by atoms with Gasteiger partial charge in [-0.1, -0.05) is 24.3 Å². The first kappa shape index (κ1) is 7.33. The van der Waals surface area contributed by atoms with Crippen LogP contribution < -0.4 is 0 Å². The Balaban J connectivity index is 2.45. The van der Waals surface area contributed by atoms with Crippen LogP contribution >= 0.6 is 0 Å². The van der Waals surface area contributed by atoms with E-state index in [1.165, 1.54) is 5.56 Å². The Kier molecular flexibility index (Phi) is 1.81. The molecule has 0 N–H and O–H groups in total. The average molecular weight is 159 g/mol. The van der Waals surface area contributed by atoms with Crippen molar-refractivity contribution in [2.45, 2.75) is 12.5 Å². The van der Waals surface area contributed by atoms with Gasteiger partial charge in [0.1, 0.15) is 0 Å². The molecule has 1 aliphatic heterocycles. The standard InChI is InChI=1S/C10H9NO/c11-7-10-9-4-2-1-3-8(9)5-6-12-10/h1-4,10H,5-6H2/t10-/m1/s1. The van der Waals surface area contributed by atoms with Crippen LogP contribution in [0.5, 0.6) is 0 Å². The predicted molar refractivity (Wildman–Crippen MR) is 44.5 cm³/mol. The van der Waals surface area contributed by atoms with Crippen LogP contribution in [0.1, 0.15) is 17.2 Å². The summed E-state index contributed by atoms with van der Waals surface area (Å²) in [6.07, 6.45) is 0.573. The molecule has 0 spiro atoms. The first-order valence-electron chi connectivity index (χ1n) is 4.01. The van der Waals surface area contributed by atoms with Gasteiger partial charge in [0, 0.05) is 0 Å². The van der Waals surface area contributed by atoms with Gasteiger partial charge in [-0.15, -0.1) is 0 Å². The molecule has 1 heterocycles. The minimum Gasteiger partial charge on any atom is -0.358 e. The quantitative estimate of drug-likeness (QED) is 0.578. The number of fused-ring (bicyclic) bond motifs is 1. The van der Waals surface area contributed by atoms with Crippen LogP contribution in [0.2, 0.25) is 0 Å². The lowest BCUT2D eigenvalue weighted by Gasteiger charge is -2.20. The lowest BCUT2D eigenvalue weighted by Crippen LogP contribution is -2.14. The normalized spacial score (nSPS) is 21.1. The molecule has 0 aromatic heterocycles. The van der Waals surface area contributed by atoms with Gasteiger partial charge in [0.15, 0.2) is 6.10 Å². The van der Waals surface area contributed by atoms with E-state index in [4.69, 9.17) is 10.00 Å². The van der Waals surface area contributed by atoms with Crippen molar-refractivity contribution in [3.05, 3.63) is 35.4 Å². The van der Waals surface area contributed by atoms with E-state index < -0.39 is 0 Å². The van der Waals surface area contributed by atoms with Gasteiger partial charge in [-0.05, 0) is 17.5 Å². The third-order valence-corrected chi connectivity index (χ3v) is 2.11. The van der Waals surface area contributed by atoms with Crippen molar-refractivity contribution < 1.29 is 4.74 Å². The van der Waals surface area contributed by atoms with Crippen LogP contribution in [0.3, 0.4) is 0 Å². The highest BCUT2D eigenvalue weighted by Crippen LogP contribution is 2.25. The van der Waals surface area contributed by atoms with E-state index in [-0.39, 0.29) is 6.10 Å². The fourth-order valence-electron chi connectivity index (χ4n) is 1.50. The van der Waals surface area contributed by atoms with Gasteiger partial charge in [-0.3, -0.25) is 0 Å². The van der Waals surface area contributed by atoms with Crippen molar-refractivity contribution in [1.29, 1.82) is 5.26 Å². The van der Waals surface area contributed by atoms with Crippen LogP contribution in [0.25, 0.3) is 0 Å². The third kappa shape index (κ3) is 1.09. The number of nitrogens with zero attached hydrogens (tertiary/aromatic N) is 1. The Bertz CT molecular complexity index is 327. The summed E-state index contributed by atoms with van der Waals surface area (Å²) < 4.78 is 5.29. The molecule has 2 rings (SSSR count). The van der Waals surface area contributed by atoms with Crippen molar-refractivity contribution in [2.75, 3.05) is 6.61 Å². The zero-order chi connectivity index (χ0) is 8.39. The average Bonchev–Trinajstić information content (AvgIpc) is 2.17. The van der Waals surface area contributed by atoms with E-state index in [1.54, 1.807) is 0 Å². The monoisotopic (exact) mass is 159 g/mol. The van der Waals surface area contributed by atoms with Gasteiger partial charge in [-0.25, -0.2) is 0 Å². The molecule has 0 bridgehead atoms. The van der Waals surface area contributed by atoms with E-state index in [0.29, 0.717) is 6.61 Å². The molecular weight excluding hydrogens is 150 g/mol. The molecule has 2 heteroatoms. The molecule has 60 valence electrons. The topological polar surface area (TPSA) is 33.0 Å². The van der Waals surface area contributed by atoms with Crippen molar-refractivity contribution in [3.63, 3.8) is 0 Å². The second kappa shape index (κ2) is 2.96. The molecule has 1 atom stereocenters. The number of ether oxygens (including phenoxy) is 1. The second-order valence-electron chi connectivity index (χ2n) is 2.83. The maximum absolute atomic E-state index is 8.76. The Labute approximate surface area is 71.4 Å². The summed E-state index contributed by atoms with van der Waals surface area (Å²) in [5, 5.41) is 8.76. The van der Waals surface area contributed by atoms with Gasteiger partial charge in [-0.2, -0.15) is 5.26 Å². The smallest absolute Gasteiger partial charge is 0.169 e. The SMILES string of the molecule is N#C[C@H]1OCCc2ccccc21. The lowest BCUT2D eigenvalue weighted by atomic mass is 9.98. The molecule has 0 aliphatic carbocycles. The van der Waals surface area contributed by atoms with Crippen molar-refractivity contribution in [2.24, 2.45) is 0 Å². The van der Waals surface area contributed by atoms with E-state index in [1.807, 2.05) is 18.2 Å². The Morgan fingerprint density at radius 2 is 2.25 bits per heavy atom. The molecule has 12 heavy (non-hydrogen) atoms. The first-order chi connectivity index (χ1) is 5.92. The van der Waals surface area contributed by atoms with Crippen LogP contribution in [-0.2, 0) is 11.2 Å². The molecule has 0 saturated carbocycles. The van der Waals surface area contributed by atoms with Crippen LogP contribution in [0.15, 0.2) is 24.3 Å². The second-order valence-corrected chi connectivity index (χ2v) is 2.83. The lowest BCUT2D eigenvalue weighted by molar-refractivity contribution is 0.0800. The minimum atomic E-state index is -0.352. The molecule has 0 amide bonds. The molecule has 0 saturated heterocycles. The van der Waals surface area contributed by atoms with Gasteiger partial charge >= 0.3 is 0 Å². The predicted octanol–water partition coefficient (Wildman–Crippen LogP) is 1.82. The maximum atomic E-state index is 8.76. The van der Waals surface area contributed by atoms with E-state index >= 15 is 0 Å². The summed E-state index contributed by atoms with van der Waals surface area (Å²) in [5.41, 5.74) is 2.28. The van der Waals surface area contributed by atoms with Crippen LogP contribution in [0, 0.1) is 11.3 Å². The number of nitriles is 1.